The summed E-state index contributed by atoms with van der Waals surface area (Å²) >= 11 is 0. The maximum absolute atomic E-state index is 13.2. The van der Waals surface area contributed by atoms with E-state index >= 15 is 0 Å². The first kappa shape index (κ1) is 44.4. The van der Waals surface area contributed by atoms with Crippen molar-refractivity contribution < 1.29 is 69.1 Å². The molecule has 4 saturated carbocycles. The Morgan fingerprint density at radius 3 is 2.19 bits per heavy atom. The lowest BCUT2D eigenvalue weighted by Crippen LogP contribution is -2.72. The minimum atomic E-state index is -1.85. The van der Waals surface area contributed by atoms with E-state index in [9.17, 15) is 50.1 Å². The second kappa shape index (κ2) is 15.1. The molecule has 0 amide bonds. The number of esters is 2. The van der Waals surface area contributed by atoms with E-state index in [4.69, 9.17) is 18.9 Å². The van der Waals surface area contributed by atoms with Gasteiger partial charge in [-0.3, -0.25) is 9.59 Å². The Bertz CT molecular complexity index is 1600. The topological polar surface area (TPSA) is 230 Å². The average molecular weight is 809 g/mol. The molecule has 0 aromatic rings. The van der Waals surface area contributed by atoms with E-state index in [1.807, 2.05) is 27.7 Å². The van der Waals surface area contributed by atoms with Crippen LogP contribution in [0.4, 0.5) is 0 Å². The minimum absolute atomic E-state index is 0.0788. The van der Waals surface area contributed by atoms with Crippen LogP contribution in [0.1, 0.15) is 114 Å². The molecule has 2 unspecified atom stereocenters. The molecule has 6 aliphatic rings. The molecular weight excluding hydrogens is 740 g/mol. The summed E-state index contributed by atoms with van der Waals surface area (Å²) in [5.74, 6) is -3.21. The number of carboxylic acid groups (broad SMARTS) is 1. The molecule has 0 aromatic heterocycles. The number of rotatable bonds is 9. The molecule has 5 fully saturated rings. The predicted octanol–water partition coefficient (Wildman–Crippen LogP) is 3.11. The zero-order valence-corrected chi connectivity index (χ0v) is 35.1. The van der Waals surface area contributed by atoms with E-state index < -0.39 is 101 Å². The smallest absolute Gasteiger partial charge is 0.335 e. The van der Waals surface area contributed by atoms with Crippen molar-refractivity contribution >= 4 is 17.9 Å². The number of allylic oxidation sites excluding steroid dienone is 2. The summed E-state index contributed by atoms with van der Waals surface area (Å²) in [5, 5.41) is 77.3. The molecule has 324 valence electrons. The molecule has 0 aromatic carbocycles. The van der Waals surface area contributed by atoms with Crippen LogP contribution in [0.2, 0.25) is 0 Å². The summed E-state index contributed by atoms with van der Waals surface area (Å²) in [4.78, 5) is 37.4. The monoisotopic (exact) mass is 808 g/mol. The van der Waals surface area contributed by atoms with Gasteiger partial charge in [0.25, 0.3) is 0 Å². The van der Waals surface area contributed by atoms with Crippen LogP contribution in [0.25, 0.3) is 0 Å². The fraction of sp³-hybridized carbons (Fsp3) is 0.884. The SMILES string of the molecule is CC[C@H](C)C(=O)O[C@H]1[C@H](O)[C@@]2(COC(C)=O)C(CC1(C)C)C1=CC[C@@H]3[C@@]4(C)CC[C@H](O[C@@H]5O[C@H](C(=O)O)[C@@H](O)[C@H](O)[C@H]5O)[C@@](C)(CO)C4CC[C@@]3(C)[C@]1(C)C[C@@H]2O. The van der Waals surface area contributed by atoms with Crippen molar-refractivity contribution in [3.8, 4) is 0 Å². The summed E-state index contributed by atoms with van der Waals surface area (Å²) in [6.07, 6.45) is -5.89. The van der Waals surface area contributed by atoms with E-state index in [-0.39, 0.29) is 48.2 Å². The van der Waals surface area contributed by atoms with Crippen molar-refractivity contribution in [3.05, 3.63) is 11.6 Å². The van der Waals surface area contributed by atoms with Crippen LogP contribution in [0, 0.1) is 56.2 Å². The molecule has 1 aliphatic heterocycles. The number of carboxylic acids is 1. The van der Waals surface area contributed by atoms with Crippen LogP contribution in [0.3, 0.4) is 0 Å². The van der Waals surface area contributed by atoms with Gasteiger partial charge in [-0.25, -0.2) is 4.79 Å². The Hall–Kier alpha value is -2.17. The second-order valence-electron chi connectivity index (χ2n) is 20.3. The third kappa shape index (κ3) is 6.53. The van der Waals surface area contributed by atoms with Crippen LogP contribution < -0.4 is 0 Å². The van der Waals surface area contributed by atoms with Crippen molar-refractivity contribution in [3.63, 3.8) is 0 Å². The number of fused-ring (bicyclic) bond motifs is 7. The van der Waals surface area contributed by atoms with Crippen molar-refractivity contribution in [1.82, 2.24) is 0 Å². The van der Waals surface area contributed by atoms with Gasteiger partial charge < -0.3 is 54.7 Å². The summed E-state index contributed by atoms with van der Waals surface area (Å²) in [6, 6.07) is 0. The van der Waals surface area contributed by atoms with Gasteiger partial charge in [0.05, 0.1) is 30.1 Å². The first-order chi connectivity index (χ1) is 26.4. The molecule has 0 bridgehead atoms. The normalized spacial score (nSPS) is 49.5. The number of aliphatic hydroxyl groups excluding tert-OH is 6. The number of hydrogen-bond acceptors (Lipinski definition) is 13. The lowest BCUT2D eigenvalue weighted by molar-refractivity contribution is -0.328. The number of hydrogen-bond donors (Lipinski definition) is 7. The van der Waals surface area contributed by atoms with Crippen LogP contribution in [-0.4, -0.2) is 122 Å². The average Bonchev–Trinajstić information content (AvgIpc) is 3.13. The largest absolute Gasteiger partial charge is 0.479 e. The van der Waals surface area contributed by atoms with E-state index in [0.717, 1.165) is 12.0 Å². The molecule has 7 N–H and O–H groups in total. The Balaban J connectivity index is 1.35. The highest BCUT2D eigenvalue weighted by atomic mass is 16.7. The molecule has 1 saturated heterocycles. The van der Waals surface area contributed by atoms with Crippen molar-refractivity contribution in [2.24, 2.45) is 56.2 Å². The van der Waals surface area contributed by atoms with Gasteiger partial charge in [-0.1, -0.05) is 67.0 Å². The number of aliphatic carboxylic acids is 1. The third-order valence-corrected chi connectivity index (χ3v) is 17.1. The molecule has 14 nitrogen and oxygen atoms in total. The third-order valence-electron chi connectivity index (χ3n) is 17.1. The number of aliphatic hydroxyl groups is 6. The minimum Gasteiger partial charge on any atom is -0.479 e. The number of carbonyl (C=O) groups is 3. The van der Waals surface area contributed by atoms with Crippen molar-refractivity contribution in [1.29, 1.82) is 0 Å². The van der Waals surface area contributed by atoms with E-state index in [1.54, 1.807) is 6.92 Å². The van der Waals surface area contributed by atoms with Crippen LogP contribution in [-0.2, 0) is 33.3 Å². The maximum Gasteiger partial charge on any atom is 0.335 e. The van der Waals surface area contributed by atoms with Crippen LogP contribution in [0.5, 0.6) is 0 Å². The van der Waals surface area contributed by atoms with Gasteiger partial charge in [0.2, 0.25) is 0 Å². The highest BCUT2D eigenvalue weighted by Gasteiger charge is 2.73. The first-order valence-corrected chi connectivity index (χ1v) is 21.0. The van der Waals surface area contributed by atoms with E-state index in [0.29, 0.717) is 38.5 Å². The summed E-state index contributed by atoms with van der Waals surface area (Å²) in [6.45, 7) is 17.2. The summed E-state index contributed by atoms with van der Waals surface area (Å²) in [7, 11) is 0. The van der Waals surface area contributed by atoms with Gasteiger partial charge in [-0.05, 0) is 85.4 Å². The van der Waals surface area contributed by atoms with Gasteiger partial charge in [0.1, 0.15) is 37.1 Å². The zero-order valence-electron chi connectivity index (χ0n) is 35.1. The Labute approximate surface area is 336 Å². The van der Waals surface area contributed by atoms with Gasteiger partial charge in [-0.2, -0.15) is 0 Å². The number of ether oxygens (including phenoxy) is 4. The van der Waals surface area contributed by atoms with E-state index in [1.165, 1.54) is 6.92 Å². The number of carbonyl (C=O) groups excluding carboxylic acids is 2. The van der Waals surface area contributed by atoms with Crippen molar-refractivity contribution in [2.75, 3.05) is 13.2 Å². The molecule has 18 atom stereocenters. The van der Waals surface area contributed by atoms with Crippen LogP contribution in [0.15, 0.2) is 11.6 Å². The van der Waals surface area contributed by atoms with Gasteiger partial charge in [0, 0.05) is 17.8 Å². The first-order valence-electron chi connectivity index (χ1n) is 21.0. The Morgan fingerprint density at radius 1 is 0.930 bits per heavy atom. The quantitative estimate of drug-likeness (QED) is 0.101. The molecule has 0 spiro atoms. The lowest BCUT2D eigenvalue weighted by Gasteiger charge is -2.72. The molecule has 14 heteroatoms. The fourth-order valence-corrected chi connectivity index (χ4v) is 13.3. The van der Waals surface area contributed by atoms with Gasteiger partial charge in [0.15, 0.2) is 12.4 Å². The maximum atomic E-state index is 13.2. The summed E-state index contributed by atoms with van der Waals surface area (Å²) in [5.41, 5.74) is -2.98. The Kier molecular flexibility index (Phi) is 11.7. The standard InChI is InChI=1S/C43H68O14/c1-10-21(2)36(53)57-34-33(50)43(20-54-22(3)45)24(17-38(34,4)5)23-11-12-26-39(6)15-14-28(55-37-31(49)29(47)30(48)32(56-37)35(51)52)40(7,19-44)25(39)13-16-41(26,8)42(23,9)18-27(43)46/h11,21,24-34,37,44,46-50H,10,12-20H2,1-9H3,(H,51,52)/t21-,24?,25?,26+,27-,28-,29-,30-,31+,32-,33-,34-,37+,39-,40-,41+,42+,43-/m0/s1. The predicted molar refractivity (Wildman–Crippen MR) is 204 cm³/mol. The molecule has 6 rings (SSSR count). The summed E-state index contributed by atoms with van der Waals surface area (Å²) < 4.78 is 23.6. The van der Waals surface area contributed by atoms with E-state index in [2.05, 4.69) is 26.8 Å². The fourth-order valence-electron chi connectivity index (χ4n) is 13.3. The molecule has 0 radical (unpaired) electrons. The molecule has 57 heavy (non-hydrogen) atoms. The van der Waals surface area contributed by atoms with Crippen LogP contribution >= 0.6 is 0 Å². The van der Waals surface area contributed by atoms with Crippen molar-refractivity contribution in [2.45, 2.75) is 169 Å². The Morgan fingerprint density at radius 2 is 1.60 bits per heavy atom. The second-order valence-corrected chi connectivity index (χ2v) is 20.3. The lowest BCUT2D eigenvalue weighted by atomic mass is 9.33. The zero-order chi connectivity index (χ0) is 42.4. The molecule has 1 heterocycles. The van der Waals surface area contributed by atoms with Gasteiger partial charge >= 0.3 is 17.9 Å². The highest BCUT2D eigenvalue weighted by Crippen LogP contribution is 2.76. The molecule has 5 aliphatic carbocycles. The van der Waals surface area contributed by atoms with Gasteiger partial charge in [-0.15, -0.1) is 0 Å². The molecular formula is C43H68O14. The highest BCUT2D eigenvalue weighted by molar-refractivity contribution is 5.73.